The first-order valence-corrected chi connectivity index (χ1v) is 11.8. The number of nitrogens with zero attached hydrogens (tertiary/aromatic N) is 6. The van der Waals surface area contributed by atoms with Crippen molar-refractivity contribution >= 4 is 15.9 Å². The monoisotopic (exact) mass is 515 g/mol. The molecule has 0 spiro atoms. The molecule has 0 amide bonds. The van der Waals surface area contributed by atoms with Crippen molar-refractivity contribution < 1.29 is 0 Å². The standard InChI is InChI=1S/C25H22BrN7O/c1-2-5-19-16-33(23-7-4-3-6-22(23)26)25(34)32(19)15-17-8-10-18(11-9-17)20-12-13-27-14-21(20)24-28-30-31-29-24/h3-4,6-14,16H,2,5,15H2,1H3,(H,28,29,30,31). The number of H-pyrrole nitrogens is 1. The van der Waals surface area contributed by atoms with Crippen LogP contribution in [0.25, 0.3) is 28.2 Å². The quantitative estimate of drug-likeness (QED) is 0.340. The Hall–Kier alpha value is -3.85. The minimum atomic E-state index is -0.0475. The van der Waals surface area contributed by atoms with E-state index in [1.54, 1.807) is 17.0 Å². The maximum atomic E-state index is 13.4. The third-order valence-electron chi connectivity index (χ3n) is 5.71. The van der Waals surface area contributed by atoms with Crippen LogP contribution in [0, 0.1) is 0 Å². The van der Waals surface area contributed by atoms with Crippen LogP contribution in [0.1, 0.15) is 24.6 Å². The number of aryl methyl sites for hydroxylation is 1. The molecule has 34 heavy (non-hydrogen) atoms. The molecule has 0 aliphatic carbocycles. The van der Waals surface area contributed by atoms with Crippen molar-refractivity contribution in [2.75, 3.05) is 0 Å². The van der Waals surface area contributed by atoms with Crippen LogP contribution in [0.4, 0.5) is 0 Å². The summed E-state index contributed by atoms with van der Waals surface area (Å²) >= 11 is 3.57. The topological polar surface area (TPSA) is 94.3 Å². The second-order valence-electron chi connectivity index (χ2n) is 7.93. The first kappa shape index (κ1) is 22.0. The molecule has 8 nitrogen and oxygen atoms in total. The lowest BCUT2D eigenvalue weighted by Crippen LogP contribution is -2.25. The summed E-state index contributed by atoms with van der Waals surface area (Å²) in [5, 5.41) is 14.2. The van der Waals surface area contributed by atoms with E-state index in [0.717, 1.165) is 50.9 Å². The molecule has 0 saturated carbocycles. The van der Waals surface area contributed by atoms with Crippen molar-refractivity contribution in [1.29, 1.82) is 0 Å². The van der Waals surface area contributed by atoms with Gasteiger partial charge < -0.3 is 0 Å². The van der Waals surface area contributed by atoms with E-state index in [-0.39, 0.29) is 5.69 Å². The molecule has 0 unspecified atom stereocenters. The van der Waals surface area contributed by atoms with Gasteiger partial charge in [-0.05, 0) is 67.7 Å². The van der Waals surface area contributed by atoms with Gasteiger partial charge in [0.2, 0.25) is 0 Å². The maximum Gasteiger partial charge on any atom is 0.333 e. The number of imidazole rings is 1. The molecule has 1 N–H and O–H groups in total. The molecule has 5 rings (SSSR count). The fraction of sp³-hybridized carbons (Fsp3) is 0.160. The lowest BCUT2D eigenvalue weighted by atomic mass is 10.00. The van der Waals surface area contributed by atoms with E-state index in [2.05, 4.69) is 60.6 Å². The zero-order valence-electron chi connectivity index (χ0n) is 18.5. The molecule has 0 aliphatic heterocycles. The summed E-state index contributed by atoms with van der Waals surface area (Å²) in [7, 11) is 0. The number of hydrogen-bond acceptors (Lipinski definition) is 5. The van der Waals surface area contributed by atoms with Gasteiger partial charge in [-0.3, -0.25) is 14.1 Å². The minimum Gasteiger partial charge on any atom is -0.292 e. The molecule has 0 saturated heterocycles. The molecule has 0 bridgehead atoms. The summed E-state index contributed by atoms with van der Waals surface area (Å²) in [6.45, 7) is 2.62. The second-order valence-corrected chi connectivity index (χ2v) is 8.78. The van der Waals surface area contributed by atoms with Crippen molar-refractivity contribution in [2.24, 2.45) is 0 Å². The number of para-hydroxylation sites is 1. The van der Waals surface area contributed by atoms with Crippen LogP contribution in [0.2, 0.25) is 0 Å². The molecule has 0 aliphatic rings. The first-order chi connectivity index (χ1) is 16.7. The van der Waals surface area contributed by atoms with Gasteiger partial charge in [0.1, 0.15) is 0 Å². The van der Waals surface area contributed by atoms with E-state index < -0.39 is 0 Å². The number of pyridine rings is 1. The van der Waals surface area contributed by atoms with Gasteiger partial charge in [0.15, 0.2) is 5.82 Å². The number of halogens is 1. The molecule has 2 aromatic carbocycles. The largest absolute Gasteiger partial charge is 0.333 e. The Kier molecular flexibility index (Phi) is 6.18. The molecule has 3 aromatic heterocycles. The van der Waals surface area contributed by atoms with Crippen LogP contribution in [0.3, 0.4) is 0 Å². The molecule has 0 fully saturated rings. The van der Waals surface area contributed by atoms with Gasteiger partial charge in [0.25, 0.3) is 0 Å². The van der Waals surface area contributed by atoms with Crippen LogP contribution in [-0.2, 0) is 13.0 Å². The van der Waals surface area contributed by atoms with E-state index in [4.69, 9.17) is 0 Å². The molecule has 3 heterocycles. The predicted octanol–water partition coefficient (Wildman–Crippen LogP) is 4.64. The second kappa shape index (κ2) is 9.56. The smallest absolute Gasteiger partial charge is 0.292 e. The summed E-state index contributed by atoms with van der Waals surface area (Å²) in [5.41, 5.74) is 5.67. The van der Waals surface area contributed by atoms with Gasteiger partial charge >= 0.3 is 5.69 Å². The van der Waals surface area contributed by atoms with Crippen LogP contribution >= 0.6 is 15.9 Å². The van der Waals surface area contributed by atoms with E-state index in [9.17, 15) is 4.79 Å². The number of nitrogens with one attached hydrogen (secondary N) is 1. The van der Waals surface area contributed by atoms with Crippen molar-refractivity contribution in [2.45, 2.75) is 26.3 Å². The van der Waals surface area contributed by atoms with Gasteiger partial charge in [-0.25, -0.2) is 9.89 Å². The third kappa shape index (κ3) is 4.22. The SMILES string of the molecule is CCCc1cn(-c2ccccc2Br)c(=O)n1Cc1ccc(-c2ccncc2-c2nnn[nH]2)cc1. The minimum absolute atomic E-state index is 0.0475. The number of benzene rings is 2. The highest BCUT2D eigenvalue weighted by Crippen LogP contribution is 2.29. The van der Waals surface area contributed by atoms with Gasteiger partial charge in [-0.1, -0.05) is 49.7 Å². The Morgan fingerprint density at radius 3 is 2.59 bits per heavy atom. The van der Waals surface area contributed by atoms with Crippen LogP contribution in [0.15, 0.2) is 82.5 Å². The van der Waals surface area contributed by atoms with Crippen molar-refractivity contribution in [3.05, 3.63) is 99.4 Å². The number of tetrazole rings is 1. The van der Waals surface area contributed by atoms with Gasteiger partial charge in [-0.2, -0.15) is 0 Å². The third-order valence-corrected chi connectivity index (χ3v) is 6.38. The summed E-state index contributed by atoms with van der Waals surface area (Å²) in [6, 6.07) is 17.9. The number of hydrogen-bond donors (Lipinski definition) is 1. The molecule has 5 aromatic rings. The molecular formula is C25H22BrN7O. The molecule has 170 valence electrons. The van der Waals surface area contributed by atoms with E-state index in [1.807, 2.05) is 53.2 Å². The Labute approximate surface area is 204 Å². The Bertz CT molecular complexity index is 1470. The average molecular weight is 516 g/mol. The lowest BCUT2D eigenvalue weighted by molar-refractivity contribution is 0.691. The lowest BCUT2D eigenvalue weighted by Gasteiger charge is -2.10. The van der Waals surface area contributed by atoms with E-state index >= 15 is 0 Å². The first-order valence-electron chi connectivity index (χ1n) is 11.0. The van der Waals surface area contributed by atoms with Crippen molar-refractivity contribution in [3.8, 4) is 28.2 Å². The highest BCUT2D eigenvalue weighted by atomic mass is 79.9. The molecule has 9 heteroatoms. The van der Waals surface area contributed by atoms with Gasteiger partial charge in [0.05, 0.1) is 12.2 Å². The normalized spacial score (nSPS) is 11.1. The molecule has 0 atom stereocenters. The highest BCUT2D eigenvalue weighted by Gasteiger charge is 2.15. The average Bonchev–Trinajstić information content (AvgIpc) is 3.50. The Morgan fingerprint density at radius 1 is 1.03 bits per heavy atom. The number of rotatable bonds is 7. The predicted molar refractivity (Wildman–Crippen MR) is 134 cm³/mol. The number of aromatic nitrogens is 7. The van der Waals surface area contributed by atoms with Crippen molar-refractivity contribution in [1.82, 2.24) is 34.7 Å². The van der Waals surface area contributed by atoms with E-state index in [1.165, 1.54) is 0 Å². The van der Waals surface area contributed by atoms with Crippen LogP contribution < -0.4 is 5.69 Å². The number of aromatic amines is 1. The zero-order chi connectivity index (χ0) is 23.5. The Morgan fingerprint density at radius 2 is 1.85 bits per heavy atom. The van der Waals surface area contributed by atoms with Crippen LogP contribution in [-0.4, -0.2) is 34.7 Å². The van der Waals surface area contributed by atoms with Crippen LogP contribution in [0.5, 0.6) is 0 Å². The Balaban J connectivity index is 1.48. The summed E-state index contributed by atoms with van der Waals surface area (Å²) in [4.78, 5) is 17.6. The fourth-order valence-electron chi connectivity index (χ4n) is 4.05. The summed E-state index contributed by atoms with van der Waals surface area (Å²) < 4.78 is 4.46. The maximum absolute atomic E-state index is 13.4. The summed E-state index contributed by atoms with van der Waals surface area (Å²) in [6.07, 6.45) is 7.23. The van der Waals surface area contributed by atoms with Crippen molar-refractivity contribution in [3.63, 3.8) is 0 Å². The highest BCUT2D eigenvalue weighted by molar-refractivity contribution is 9.10. The van der Waals surface area contributed by atoms with E-state index in [0.29, 0.717) is 12.4 Å². The summed E-state index contributed by atoms with van der Waals surface area (Å²) in [5.74, 6) is 0.566. The molecule has 0 radical (unpaired) electrons. The fourth-order valence-corrected chi connectivity index (χ4v) is 4.53. The molecular weight excluding hydrogens is 494 g/mol. The van der Waals surface area contributed by atoms with Gasteiger partial charge in [0, 0.05) is 34.3 Å². The van der Waals surface area contributed by atoms with Gasteiger partial charge in [-0.15, -0.1) is 5.10 Å². The zero-order valence-corrected chi connectivity index (χ0v) is 20.1.